The molecule has 0 bridgehead atoms. The Morgan fingerprint density at radius 1 is 1.18 bits per heavy atom. The van der Waals surface area contributed by atoms with Gasteiger partial charge in [-0.2, -0.15) is 8.78 Å². The van der Waals surface area contributed by atoms with Crippen LogP contribution in [-0.4, -0.2) is 6.29 Å². The first-order chi connectivity index (χ1) is 8.06. The summed E-state index contributed by atoms with van der Waals surface area (Å²) in [6.45, 7) is 6.73. The van der Waals surface area contributed by atoms with Crippen molar-refractivity contribution in [2.45, 2.75) is 5.92 Å². The minimum absolute atomic E-state index is 0.184. The first kappa shape index (κ1) is 13.0. The summed E-state index contributed by atoms with van der Waals surface area (Å²) >= 11 is 0. The maximum Gasteiger partial charge on any atom is 0.298 e. The summed E-state index contributed by atoms with van der Waals surface area (Å²) in [5.74, 6) is -3.14. The molecule has 1 aromatic rings. The molecule has 1 rings (SSSR count). The molecule has 0 aromatic heterocycles. The topological polar surface area (TPSA) is 17.1 Å². The Morgan fingerprint density at radius 3 is 2.18 bits per heavy atom. The molecule has 88 valence electrons. The Kier molecular flexibility index (Phi) is 4.10. The maximum atomic E-state index is 14.0. The standard InChI is InChI=1S/C14H12F2O/c1-3-5-12(4-2)14(15,16)13-8-6-11(10-17)7-9-13/h3-10H,1-2H2/b12-5+. The summed E-state index contributed by atoms with van der Waals surface area (Å²) in [4.78, 5) is 10.4. The minimum Gasteiger partial charge on any atom is -0.298 e. The molecule has 0 aliphatic rings. The Bertz CT molecular complexity index is 456. The number of rotatable bonds is 5. The second-order valence-electron chi connectivity index (χ2n) is 3.38. The van der Waals surface area contributed by atoms with Crippen LogP contribution in [-0.2, 0) is 5.92 Å². The van der Waals surface area contributed by atoms with Crippen molar-refractivity contribution < 1.29 is 13.6 Å². The molecule has 0 radical (unpaired) electrons. The largest absolute Gasteiger partial charge is 0.298 e. The smallest absolute Gasteiger partial charge is 0.298 e. The van der Waals surface area contributed by atoms with Crippen LogP contribution in [0.15, 0.2) is 61.2 Å². The van der Waals surface area contributed by atoms with Crippen LogP contribution in [0.3, 0.4) is 0 Å². The van der Waals surface area contributed by atoms with E-state index in [1.54, 1.807) is 0 Å². The number of carbonyl (C=O) groups excluding carboxylic acids is 1. The van der Waals surface area contributed by atoms with Gasteiger partial charge in [0.05, 0.1) is 0 Å². The maximum absolute atomic E-state index is 14.0. The van der Waals surface area contributed by atoms with E-state index in [1.807, 2.05) is 0 Å². The zero-order chi connectivity index (χ0) is 12.9. The Balaban J connectivity index is 3.18. The van der Waals surface area contributed by atoms with Crippen LogP contribution in [0.5, 0.6) is 0 Å². The molecule has 0 aliphatic carbocycles. The molecular formula is C14H12F2O. The third-order valence-corrected chi connectivity index (χ3v) is 2.29. The molecule has 0 fully saturated rings. The molecule has 0 atom stereocenters. The molecule has 0 amide bonds. The van der Waals surface area contributed by atoms with E-state index in [0.717, 1.165) is 6.08 Å². The minimum atomic E-state index is -3.14. The summed E-state index contributed by atoms with van der Waals surface area (Å²) in [7, 11) is 0. The lowest BCUT2D eigenvalue weighted by Gasteiger charge is -2.17. The molecule has 0 unspecified atom stereocenters. The highest BCUT2D eigenvalue weighted by Crippen LogP contribution is 2.36. The molecule has 1 nitrogen and oxygen atoms in total. The Labute approximate surface area is 98.8 Å². The predicted octanol–water partition coefficient (Wildman–Crippen LogP) is 3.89. The first-order valence-electron chi connectivity index (χ1n) is 4.95. The number of hydrogen-bond donors (Lipinski definition) is 0. The van der Waals surface area contributed by atoms with Crippen LogP contribution in [0.4, 0.5) is 8.78 Å². The van der Waals surface area contributed by atoms with E-state index in [1.165, 1.54) is 36.4 Å². The number of allylic oxidation sites excluding steroid dienone is 4. The van der Waals surface area contributed by atoms with Crippen molar-refractivity contribution in [2.24, 2.45) is 0 Å². The summed E-state index contributed by atoms with van der Waals surface area (Å²) in [6, 6.07) is 5.16. The second kappa shape index (κ2) is 5.34. The van der Waals surface area contributed by atoms with Crippen molar-refractivity contribution in [3.63, 3.8) is 0 Å². The average molecular weight is 234 g/mol. The summed E-state index contributed by atoms with van der Waals surface area (Å²) in [5, 5.41) is 0. The molecule has 3 heteroatoms. The van der Waals surface area contributed by atoms with Crippen molar-refractivity contribution in [1.82, 2.24) is 0 Å². The van der Waals surface area contributed by atoms with E-state index in [2.05, 4.69) is 13.2 Å². The quantitative estimate of drug-likeness (QED) is 0.558. The van der Waals surface area contributed by atoms with E-state index in [9.17, 15) is 13.6 Å². The number of benzene rings is 1. The number of aldehydes is 1. The lowest BCUT2D eigenvalue weighted by atomic mass is 9.99. The van der Waals surface area contributed by atoms with E-state index < -0.39 is 5.92 Å². The van der Waals surface area contributed by atoms with Gasteiger partial charge in [0, 0.05) is 16.7 Å². The van der Waals surface area contributed by atoms with Crippen molar-refractivity contribution in [3.05, 3.63) is 72.4 Å². The van der Waals surface area contributed by atoms with Gasteiger partial charge in [-0.15, -0.1) is 0 Å². The summed E-state index contributed by atoms with van der Waals surface area (Å²) < 4.78 is 27.9. The van der Waals surface area contributed by atoms with E-state index >= 15 is 0 Å². The molecule has 0 heterocycles. The van der Waals surface area contributed by atoms with Gasteiger partial charge in [0.15, 0.2) is 0 Å². The fourth-order valence-corrected chi connectivity index (χ4v) is 1.37. The molecule has 0 aliphatic heterocycles. The highest BCUT2D eigenvalue weighted by atomic mass is 19.3. The first-order valence-corrected chi connectivity index (χ1v) is 4.95. The van der Waals surface area contributed by atoms with Crippen LogP contribution < -0.4 is 0 Å². The lowest BCUT2D eigenvalue weighted by Crippen LogP contribution is -2.15. The summed E-state index contributed by atoms with van der Waals surface area (Å²) in [5.41, 5.74) is -0.0557. The molecule has 0 spiro atoms. The van der Waals surface area contributed by atoms with E-state index in [-0.39, 0.29) is 11.1 Å². The molecule has 17 heavy (non-hydrogen) atoms. The monoisotopic (exact) mass is 234 g/mol. The van der Waals surface area contributed by atoms with Gasteiger partial charge in [0.1, 0.15) is 6.29 Å². The lowest BCUT2D eigenvalue weighted by molar-refractivity contribution is 0.0420. The van der Waals surface area contributed by atoms with Crippen LogP contribution in [0, 0.1) is 0 Å². The van der Waals surface area contributed by atoms with Crippen LogP contribution in [0.1, 0.15) is 15.9 Å². The fraction of sp³-hybridized carbons (Fsp3) is 0.0714. The van der Waals surface area contributed by atoms with Crippen molar-refractivity contribution in [2.75, 3.05) is 0 Å². The highest BCUT2D eigenvalue weighted by molar-refractivity contribution is 5.74. The zero-order valence-electron chi connectivity index (χ0n) is 9.20. The third kappa shape index (κ3) is 2.75. The predicted molar refractivity (Wildman–Crippen MR) is 64.2 cm³/mol. The van der Waals surface area contributed by atoms with Crippen molar-refractivity contribution >= 4 is 6.29 Å². The van der Waals surface area contributed by atoms with Gasteiger partial charge < -0.3 is 0 Å². The van der Waals surface area contributed by atoms with E-state index in [4.69, 9.17) is 0 Å². The number of carbonyl (C=O) groups is 1. The second-order valence-corrected chi connectivity index (χ2v) is 3.38. The number of alkyl halides is 2. The molecule has 0 saturated carbocycles. The fourth-order valence-electron chi connectivity index (χ4n) is 1.37. The van der Waals surface area contributed by atoms with Gasteiger partial charge in [-0.3, -0.25) is 4.79 Å². The van der Waals surface area contributed by atoms with Gasteiger partial charge in [0.2, 0.25) is 0 Å². The van der Waals surface area contributed by atoms with E-state index in [0.29, 0.717) is 11.8 Å². The molecular weight excluding hydrogens is 222 g/mol. The van der Waals surface area contributed by atoms with Crippen molar-refractivity contribution in [1.29, 1.82) is 0 Å². The van der Waals surface area contributed by atoms with Gasteiger partial charge in [-0.05, 0) is 0 Å². The Morgan fingerprint density at radius 2 is 1.76 bits per heavy atom. The number of halogens is 2. The molecule has 1 aromatic carbocycles. The van der Waals surface area contributed by atoms with Gasteiger partial charge >= 0.3 is 0 Å². The summed E-state index contributed by atoms with van der Waals surface area (Å²) in [6.07, 6.45) is 4.19. The van der Waals surface area contributed by atoms with Gasteiger partial charge in [0.25, 0.3) is 5.92 Å². The normalized spacial score (nSPS) is 12.0. The van der Waals surface area contributed by atoms with Crippen LogP contribution >= 0.6 is 0 Å². The highest BCUT2D eigenvalue weighted by Gasteiger charge is 2.34. The van der Waals surface area contributed by atoms with Crippen molar-refractivity contribution in [3.8, 4) is 0 Å². The average Bonchev–Trinajstić information content (AvgIpc) is 2.35. The van der Waals surface area contributed by atoms with Gasteiger partial charge in [-0.1, -0.05) is 55.7 Å². The SMILES string of the molecule is C=C/C=C(\C=C)C(F)(F)c1ccc(C=O)cc1. The molecule has 0 saturated heterocycles. The zero-order valence-corrected chi connectivity index (χ0v) is 9.20. The Hall–Kier alpha value is -2.03. The van der Waals surface area contributed by atoms with Crippen LogP contribution in [0.2, 0.25) is 0 Å². The number of hydrogen-bond acceptors (Lipinski definition) is 1. The molecule has 0 N–H and O–H groups in total. The van der Waals surface area contributed by atoms with Gasteiger partial charge in [-0.25, -0.2) is 0 Å². The van der Waals surface area contributed by atoms with Crippen LogP contribution in [0.25, 0.3) is 0 Å². The third-order valence-electron chi connectivity index (χ3n) is 2.29.